The summed E-state index contributed by atoms with van der Waals surface area (Å²) in [6.07, 6.45) is -16.2. The molecular weight excluding hydrogens is 620 g/mol. The van der Waals surface area contributed by atoms with E-state index in [-0.39, 0.29) is 45.8 Å². The Hall–Kier alpha value is -3.62. The first-order valence-electron chi connectivity index (χ1n) is 14.1. The Kier molecular flexibility index (Phi) is 9.99. The SMILES string of the molecule is COc1cc(C2[OH+]c3cc(O)cc(O)c3C=C2OC2OC(COC3OC(CO)C(O)C(O)C3O)C(O)C(O)C2O)cc(OC)c1O. The van der Waals surface area contributed by atoms with Gasteiger partial charge >= 0.3 is 0 Å². The summed E-state index contributed by atoms with van der Waals surface area (Å²) < 4.78 is 37.7. The van der Waals surface area contributed by atoms with E-state index in [2.05, 4.69) is 4.74 Å². The van der Waals surface area contributed by atoms with Gasteiger partial charge in [-0.2, -0.15) is 0 Å². The number of rotatable bonds is 9. The lowest BCUT2D eigenvalue weighted by Gasteiger charge is -2.43. The number of methoxy groups -OCH3 is 2. The standard InChI is InChI=1S/C29H36O17/c1-40-15-3-10(4-16(41-2)20(15)33)27-17(7-12-13(32)5-11(31)6-14(12)43-27)44-29-26(39)24(37)22(35)19(46-29)9-42-28-25(38)23(36)21(34)18(8-30)45-28/h3-7,18-19,21-39H,8-9H2,1-2H3/p+1. The second kappa shape index (κ2) is 13.6. The van der Waals surface area contributed by atoms with Crippen LogP contribution in [0, 0.1) is 0 Å². The summed E-state index contributed by atoms with van der Waals surface area (Å²) in [5, 5.41) is 103. The second-order valence-electron chi connectivity index (χ2n) is 10.9. The molecule has 0 amide bonds. The molecule has 2 saturated heterocycles. The van der Waals surface area contributed by atoms with Gasteiger partial charge in [-0.05, 0) is 12.1 Å². The fraction of sp³-hybridized carbons (Fsp3) is 0.517. The predicted molar refractivity (Wildman–Crippen MR) is 151 cm³/mol. The monoisotopic (exact) mass is 657 g/mol. The minimum absolute atomic E-state index is 0.0198. The van der Waals surface area contributed by atoms with E-state index in [1.807, 2.05) is 0 Å². The lowest BCUT2D eigenvalue weighted by molar-refractivity contribution is -0.328. The zero-order valence-electron chi connectivity index (χ0n) is 24.5. The molecule has 2 fully saturated rings. The van der Waals surface area contributed by atoms with E-state index in [1.54, 1.807) is 0 Å². The fourth-order valence-electron chi connectivity index (χ4n) is 5.38. The van der Waals surface area contributed by atoms with Gasteiger partial charge in [-0.1, -0.05) is 0 Å². The molecule has 0 saturated carbocycles. The number of aromatic hydroxyl groups is 4. The van der Waals surface area contributed by atoms with Gasteiger partial charge in [-0.3, -0.25) is 0 Å². The van der Waals surface area contributed by atoms with Crippen LogP contribution in [-0.2, 0) is 18.9 Å². The highest BCUT2D eigenvalue weighted by Gasteiger charge is 2.49. The molecular formula is C29H37O17+. The molecule has 0 bridgehead atoms. The number of aliphatic hydroxyl groups excluding tert-OH is 7. The molecule has 17 heteroatoms. The Bertz CT molecular complexity index is 1390. The van der Waals surface area contributed by atoms with E-state index < -0.39 is 80.7 Å². The smallest absolute Gasteiger partial charge is 0.270 e. The first kappa shape index (κ1) is 33.7. The molecule has 0 radical (unpaired) electrons. The minimum Gasteiger partial charge on any atom is -0.571 e. The number of phenols is 3. The van der Waals surface area contributed by atoms with Crippen molar-refractivity contribution in [2.45, 2.75) is 67.5 Å². The number of ether oxygens (including phenoxy) is 7. The zero-order chi connectivity index (χ0) is 33.4. The summed E-state index contributed by atoms with van der Waals surface area (Å²) in [6.45, 7) is -1.29. The van der Waals surface area contributed by atoms with Gasteiger partial charge in [0.05, 0.1) is 39.1 Å². The minimum atomic E-state index is -1.84. The molecule has 3 aliphatic heterocycles. The van der Waals surface area contributed by atoms with Crippen molar-refractivity contribution in [2.24, 2.45) is 0 Å². The molecule has 5 rings (SSSR count). The number of phenolic OH excluding ortho intramolecular Hbond substituents is 3. The number of aliphatic hydroxyl groups is 8. The molecule has 3 heterocycles. The second-order valence-corrected chi connectivity index (χ2v) is 10.9. The lowest BCUT2D eigenvalue weighted by atomic mass is 9.98. The van der Waals surface area contributed by atoms with Crippen LogP contribution in [0.2, 0.25) is 0 Å². The van der Waals surface area contributed by atoms with Crippen molar-refractivity contribution in [3.05, 3.63) is 41.2 Å². The average Bonchev–Trinajstić information content (AvgIpc) is 3.04. The highest BCUT2D eigenvalue weighted by Crippen LogP contribution is 2.48. The van der Waals surface area contributed by atoms with Crippen LogP contribution in [0.5, 0.6) is 34.5 Å². The molecule has 17 nitrogen and oxygen atoms in total. The van der Waals surface area contributed by atoms with Gasteiger partial charge in [-0.15, -0.1) is 0 Å². The van der Waals surface area contributed by atoms with Crippen LogP contribution in [-0.4, -0.2) is 145 Å². The van der Waals surface area contributed by atoms with E-state index in [4.69, 9.17) is 28.4 Å². The van der Waals surface area contributed by atoms with Gasteiger partial charge in [-0.25, -0.2) is 0 Å². The van der Waals surface area contributed by atoms with E-state index in [0.29, 0.717) is 5.56 Å². The number of hydrogen-bond acceptors (Lipinski definition) is 16. The Morgan fingerprint density at radius 2 is 1.33 bits per heavy atom. The van der Waals surface area contributed by atoms with Crippen LogP contribution in [0.4, 0.5) is 0 Å². The highest BCUT2D eigenvalue weighted by molar-refractivity contribution is 5.69. The maximum absolute atomic E-state index is 10.8. The van der Waals surface area contributed by atoms with Crippen molar-refractivity contribution >= 4 is 6.08 Å². The third kappa shape index (κ3) is 6.34. The van der Waals surface area contributed by atoms with Crippen LogP contribution >= 0.6 is 0 Å². The van der Waals surface area contributed by atoms with E-state index >= 15 is 0 Å². The molecule has 0 spiro atoms. The van der Waals surface area contributed by atoms with Crippen molar-refractivity contribution < 1.29 is 84.2 Å². The quantitative estimate of drug-likeness (QED) is 0.128. The molecule has 2 aromatic rings. The summed E-state index contributed by atoms with van der Waals surface area (Å²) in [4.78, 5) is 0. The van der Waals surface area contributed by atoms with Gasteiger partial charge in [0.1, 0.15) is 65.9 Å². The number of benzene rings is 2. The maximum atomic E-state index is 10.8. The van der Waals surface area contributed by atoms with Gasteiger partial charge in [0.2, 0.25) is 12.0 Å². The van der Waals surface area contributed by atoms with Crippen LogP contribution in [0.25, 0.3) is 6.08 Å². The van der Waals surface area contributed by atoms with Crippen molar-refractivity contribution in [2.75, 3.05) is 27.4 Å². The summed E-state index contributed by atoms with van der Waals surface area (Å²) in [7, 11) is 2.64. The predicted octanol–water partition coefficient (Wildman–Crippen LogP) is -2.20. The Balaban J connectivity index is 1.43. The molecule has 11 atom stereocenters. The fourth-order valence-corrected chi connectivity index (χ4v) is 5.38. The van der Waals surface area contributed by atoms with Crippen molar-refractivity contribution in [1.29, 1.82) is 0 Å². The van der Waals surface area contributed by atoms with Crippen molar-refractivity contribution in [3.63, 3.8) is 0 Å². The van der Waals surface area contributed by atoms with Gasteiger partial charge in [0.15, 0.2) is 23.5 Å². The first-order valence-corrected chi connectivity index (χ1v) is 14.1. The zero-order valence-corrected chi connectivity index (χ0v) is 24.5. The third-order valence-electron chi connectivity index (χ3n) is 7.96. The normalized spacial score (nSPS) is 34.2. The summed E-state index contributed by atoms with van der Waals surface area (Å²) >= 11 is 0. The molecule has 46 heavy (non-hydrogen) atoms. The van der Waals surface area contributed by atoms with Crippen LogP contribution in [0.3, 0.4) is 0 Å². The lowest BCUT2D eigenvalue weighted by Crippen LogP contribution is -2.61. The molecule has 0 aromatic heterocycles. The maximum Gasteiger partial charge on any atom is 0.270 e. The molecule has 11 N–H and O–H groups in total. The molecule has 0 aliphatic carbocycles. The molecule has 11 unspecified atom stereocenters. The topological polar surface area (TPSA) is 270 Å². The molecule has 254 valence electrons. The highest BCUT2D eigenvalue weighted by atomic mass is 16.7. The van der Waals surface area contributed by atoms with Crippen LogP contribution in [0.1, 0.15) is 17.2 Å². The third-order valence-corrected chi connectivity index (χ3v) is 7.96. The largest absolute Gasteiger partial charge is 0.571 e. The van der Waals surface area contributed by atoms with Gasteiger partial charge in [0, 0.05) is 12.1 Å². The molecule has 3 aliphatic rings. The van der Waals surface area contributed by atoms with E-state index in [0.717, 1.165) is 6.07 Å². The number of fused-ring (bicyclic) bond motifs is 1. The van der Waals surface area contributed by atoms with Gasteiger partial charge in [0.25, 0.3) is 11.9 Å². The number of hydrogen-bond donors (Lipinski definition) is 10. The first-order chi connectivity index (χ1) is 21.9. The van der Waals surface area contributed by atoms with Crippen LogP contribution in [0.15, 0.2) is 30.0 Å². The Morgan fingerprint density at radius 1 is 0.739 bits per heavy atom. The van der Waals surface area contributed by atoms with Crippen molar-refractivity contribution in [3.8, 4) is 34.5 Å². The Labute approximate surface area is 261 Å². The summed E-state index contributed by atoms with van der Waals surface area (Å²) in [5.74, 6) is -0.778. The van der Waals surface area contributed by atoms with E-state index in [9.17, 15) is 51.1 Å². The summed E-state index contributed by atoms with van der Waals surface area (Å²) in [6, 6.07) is 5.24. The van der Waals surface area contributed by atoms with E-state index in [1.165, 1.54) is 38.5 Å². The average molecular weight is 658 g/mol. The summed E-state index contributed by atoms with van der Waals surface area (Å²) in [5.41, 5.74) is 0.467. The van der Waals surface area contributed by atoms with Gasteiger partial charge < -0.3 is 84.2 Å². The molecule has 2 aromatic carbocycles. The Morgan fingerprint density at radius 3 is 1.93 bits per heavy atom. The van der Waals surface area contributed by atoms with Crippen LogP contribution < -0.4 is 9.47 Å². The van der Waals surface area contributed by atoms with Crippen molar-refractivity contribution in [1.82, 2.24) is 0 Å².